The zero-order chi connectivity index (χ0) is 22.9. The predicted octanol–water partition coefficient (Wildman–Crippen LogP) is 3.45. The molecule has 168 valence electrons. The molecule has 0 atom stereocenters. The van der Waals surface area contributed by atoms with Gasteiger partial charge >= 0.3 is 12.1 Å². The molecule has 0 fully saturated rings. The topological polar surface area (TPSA) is 114 Å². The summed E-state index contributed by atoms with van der Waals surface area (Å²) in [5, 5.41) is 9.47. The molecule has 1 aromatic carbocycles. The second-order valence-corrected chi connectivity index (χ2v) is 6.72. The Morgan fingerprint density at radius 1 is 1.06 bits per heavy atom. The van der Waals surface area contributed by atoms with Crippen LogP contribution in [0.5, 0.6) is 0 Å². The van der Waals surface area contributed by atoms with Crippen LogP contribution in [0.3, 0.4) is 0 Å². The van der Waals surface area contributed by atoms with Crippen LogP contribution in [0, 0.1) is 5.95 Å². The van der Waals surface area contributed by atoms with Gasteiger partial charge < -0.3 is 20.1 Å². The molecule has 0 radical (unpaired) electrons. The van der Waals surface area contributed by atoms with Gasteiger partial charge in [-0.2, -0.15) is 4.39 Å². The Morgan fingerprint density at radius 2 is 1.91 bits per heavy atom. The summed E-state index contributed by atoms with van der Waals surface area (Å²) < 4.78 is 23.6. The number of benzene rings is 1. The summed E-state index contributed by atoms with van der Waals surface area (Å²) in [5.74, 6) is -0.266. The number of amides is 3. The first-order chi connectivity index (χ1) is 15.5. The number of urea groups is 1. The van der Waals surface area contributed by atoms with Crippen LogP contribution in [-0.4, -0.2) is 49.0 Å². The van der Waals surface area contributed by atoms with Crippen molar-refractivity contribution in [2.24, 2.45) is 0 Å². The van der Waals surface area contributed by atoms with Gasteiger partial charge in [0.25, 0.3) is 0 Å². The number of fused-ring (bicyclic) bond motifs is 1. The van der Waals surface area contributed by atoms with Gasteiger partial charge in [0.05, 0.1) is 6.61 Å². The molecule has 3 aromatic rings. The lowest BCUT2D eigenvalue weighted by Gasteiger charge is -2.14. The fourth-order valence-corrected chi connectivity index (χ4v) is 3.10. The van der Waals surface area contributed by atoms with Crippen LogP contribution in [0.1, 0.15) is 12.5 Å². The lowest BCUT2D eigenvalue weighted by Crippen LogP contribution is -2.28. The van der Waals surface area contributed by atoms with E-state index in [0.717, 1.165) is 21.9 Å². The van der Waals surface area contributed by atoms with Crippen LogP contribution in [-0.2, 0) is 16.0 Å². The third-order valence-electron chi connectivity index (χ3n) is 4.55. The maximum absolute atomic E-state index is 13.7. The number of carbonyl (C=O) groups excluding carboxylic acids is 2. The van der Waals surface area contributed by atoms with Crippen molar-refractivity contribution in [3.8, 4) is 11.1 Å². The second kappa shape index (κ2) is 11.0. The fourth-order valence-electron chi connectivity index (χ4n) is 3.10. The van der Waals surface area contributed by atoms with Crippen molar-refractivity contribution in [1.29, 1.82) is 0 Å². The van der Waals surface area contributed by atoms with E-state index in [4.69, 9.17) is 9.47 Å². The SMILES string of the molecule is CCNC(=O)Nc1cc2c(-c3ccnc(F)c3)ccc(CNC(=O)OCCOC)c2cn1. The Balaban J connectivity index is 1.95. The smallest absolute Gasteiger partial charge is 0.407 e. The number of pyridine rings is 2. The molecule has 2 aromatic heterocycles. The highest BCUT2D eigenvalue weighted by atomic mass is 19.1. The normalized spacial score (nSPS) is 10.6. The fraction of sp³-hybridized carbons (Fsp3) is 0.273. The maximum Gasteiger partial charge on any atom is 0.407 e. The molecule has 0 unspecified atom stereocenters. The molecule has 0 aliphatic heterocycles. The molecule has 3 amide bonds. The van der Waals surface area contributed by atoms with E-state index in [1.165, 1.54) is 19.4 Å². The quantitative estimate of drug-likeness (QED) is 0.364. The number of halogens is 1. The van der Waals surface area contributed by atoms with E-state index in [9.17, 15) is 14.0 Å². The average molecular weight is 441 g/mol. The first kappa shape index (κ1) is 22.9. The number of aromatic nitrogens is 2. The summed E-state index contributed by atoms with van der Waals surface area (Å²) >= 11 is 0. The highest BCUT2D eigenvalue weighted by Crippen LogP contribution is 2.32. The Hall–Kier alpha value is -3.79. The van der Waals surface area contributed by atoms with Gasteiger partial charge in [0.15, 0.2) is 0 Å². The zero-order valence-electron chi connectivity index (χ0n) is 17.8. The molecule has 3 N–H and O–H groups in total. The highest BCUT2D eigenvalue weighted by Gasteiger charge is 2.13. The maximum atomic E-state index is 13.7. The number of hydrogen-bond donors (Lipinski definition) is 3. The number of hydrogen-bond acceptors (Lipinski definition) is 6. The van der Waals surface area contributed by atoms with Crippen LogP contribution < -0.4 is 16.0 Å². The summed E-state index contributed by atoms with van der Waals surface area (Å²) in [6.07, 6.45) is 2.42. The van der Waals surface area contributed by atoms with Gasteiger partial charge in [-0.05, 0) is 41.1 Å². The molecular weight excluding hydrogens is 417 g/mol. The molecule has 9 nitrogen and oxygen atoms in total. The average Bonchev–Trinajstić information content (AvgIpc) is 2.77. The minimum atomic E-state index is -0.602. The van der Waals surface area contributed by atoms with Crippen LogP contribution in [0.4, 0.5) is 19.8 Å². The summed E-state index contributed by atoms with van der Waals surface area (Å²) in [6, 6.07) is 7.99. The van der Waals surface area contributed by atoms with Crippen molar-refractivity contribution >= 4 is 28.7 Å². The Kier molecular flexibility index (Phi) is 7.87. The van der Waals surface area contributed by atoms with Gasteiger partial charge in [0.1, 0.15) is 12.4 Å². The number of nitrogens with one attached hydrogen (secondary N) is 3. The molecule has 32 heavy (non-hydrogen) atoms. The largest absolute Gasteiger partial charge is 0.447 e. The van der Waals surface area contributed by atoms with Crippen molar-refractivity contribution in [3.05, 3.63) is 54.2 Å². The number of nitrogens with zero attached hydrogens (tertiary/aromatic N) is 2. The molecule has 3 rings (SSSR count). The van der Waals surface area contributed by atoms with Gasteiger partial charge in [0.2, 0.25) is 5.95 Å². The van der Waals surface area contributed by atoms with Crippen molar-refractivity contribution in [2.75, 3.05) is 32.2 Å². The van der Waals surface area contributed by atoms with Gasteiger partial charge in [-0.15, -0.1) is 0 Å². The van der Waals surface area contributed by atoms with Crippen molar-refractivity contribution in [1.82, 2.24) is 20.6 Å². The molecule has 10 heteroatoms. The second-order valence-electron chi connectivity index (χ2n) is 6.72. The monoisotopic (exact) mass is 441 g/mol. The van der Waals surface area contributed by atoms with Crippen LogP contribution >= 0.6 is 0 Å². The predicted molar refractivity (Wildman–Crippen MR) is 118 cm³/mol. The van der Waals surface area contributed by atoms with Gasteiger partial charge in [-0.1, -0.05) is 12.1 Å². The number of rotatable bonds is 8. The van der Waals surface area contributed by atoms with E-state index < -0.39 is 12.0 Å². The molecule has 0 aliphatic carbocycles. The first-order valence-electron chi connectivity index (χ1n) is 9.99. The minimum absolute atomic E-state index is 0.145. The van der Waals surface area contributed by atoms with Crippen LogP contribution in [0.2, 0.25) is 0 Å². The highest BCUT2D eigenvalue weighted by molar-refractivity contribution is 6.00. The Labute approximate surface area is 184 Å². The molecule has 0 spiro atoms. The van der Waals surface area contributed by atoms with Gasteiger partial charge in [-0.3, -0.25) is 5.32 Å². The standard InChI is InChI=1S/C22H24FN5O4/c1-3-24-21(29)28-20-11-17-16(14-6-7-25-19(23)10-14)5-4-15(18(17)13-26-20)12-27-22(30)32-9-8-31-2/h4-7,10-11,13H,3,8-9,12H2,1-2H3,(H,27,30)(H2,24,26,28,29). The molecule has 0 saturated heterocycles. The summed E-state index contributed by atoms with van der Waals surface area (Å²) in [7, 11) is 1.52. The molecule has 0 saturated carbocycles. The number of methoxy groups -OCH3 is 1. The van der Waals surface area contributed by atoms with E-state index >= 15 is 0 Å². The van der Waals surface area contributed by atoms with Crippen molar-refractivity contribution in [3.63, 3.8) is 0 Å². The number of carbonyl (C=O) groups is 2. The van der Waals surface area contributed by atoms with Crippen molar-refractivity contribution < 1.29 is 23.5 Å². The molecule has 0 aliphatic rings. The number of ether oxygens (including phenoxy) is 2. The Morgan fingerprint density at radius 3 is 2.66 bits per heavy atom. The van der Waals surface area contributed by atoms with E-state index in [0.29, 0.717) is 24.5 Å². The lowest BCUT2D eigenvalue weighted by molar-refractivity contribution is 0.0983. The Bertz CT molecular complexity index is 1110. The third-order valence-corrected chi connectivity index (χ3v) is 4.55. The summed E-state index contributed by atoms with van der Waals surface area (Å²) in [6.45, 7) is 2.92. The van der Waals surface area contributed by atoms with Gasteiger partial charge in [0, 0.05) is 44.0 Å². The zero-order valence-corrected chi connectivity index (χ0v) is 17.8. The van der Waals surface area contributed by atoms with E-state index in [2.05, 4.69) is 25.9 Å². The number of alkyl carbamates (subject to hydrolysis) is 1. The van der Waals surface area contributed by atoms with Crippen LogP contribution in [0.25, 0.3) is 21.9 Å². The minimum Gasteiger partial charge on any atom is -0.447 e. The molecular formula is C22H24FN5O4. The van der Waals surface area contributed by atoms with Crippen LogP contribution in [0.15, 0.2) is 42.7 Å². The van der Waals surface area contributed by atoms with Crippen molar-refractivity contribution in [2.45, 2.75) is 13.5 Å². The van der Waals surface area contributed by atoms with E-state index in [1.807, 2.05) is 19.1 Å². The summed E-state index contributed by atoms with van der Waals surface area (Å²) in [4.78, 5) is 31.7. The van der Waals surface area contributed by atoms with Gasteiger partial charge in [-0.25, -0.2) is 19.6 Å². The molecule has 2 heterocycles. The molecule has 0 bridgehead atoms. The summed E-state index contributed by atoms with van der Waals surface area (Å²) in [5.41, 5.74) is 2.13. The third kappa shape index (κ3) is 5.88. The first-order valence-corrected chi connectivity index (χ1v) is 9.99. The van der Waals surface area contributed by atoms with E-state index in [-0.39, 0.29) is 19.2 Å². The number of anilines is 1. The van der Waals surface area contributed by atoms with E-state index in [1.54, 1.807) is 18.3 Å². The lowest BCUT2D eigenvalue weighted by atomic mass is 9.96.